The van der Waals surface area contributed by atoms with Crippen molar-refractivity contribution in [3.8, 4) is 0 Å². The molecule has 2 rings (SSSR count). The van der Waals surface area contributed by atoms with Crippen LogP contribution in [0.5, 0.6) is 0 Å². The molecule has 3 nitrogen and oxygen atoms in total. The highest BCUT2D eigenvalue weighted by Gasteiger charge is 2.33. The van der Waals surface area contributed by atoms with Gasteiger partial charge in [0.2, 0.25) is 0 Å². The van der Waals surface area contributed by atoms with E-state index in [1.165, 1.54) is 6.42 Å². The van der Waals surface area contributed by atoms with Crippen molar-refractivity contribution in [3.63, 3.8) is 0 Å². The molecule has 0 amide bonds. The summed E-state index contributed by atoms with van der Waals surface area (Å²) < 4.78 is 51.6. The van der Waals surface area contributed by atoms with Crippen LogP contribution in [0.4, 0.5) is 17.6 Å². The first-order valence-electron chi connectivity index (χ1n) is 7.28. The van der Waals surface area contributed by atoms with E-state index >= 15 is 0 Å². The highest BCUT2D eigenvalue weighted by Crippen LogP contribution is 2.32. The van der Waals surface area contributed by atoms with E-state index in [9.17, 15) is 17.6 Å². The molecule has 22 heavy (non-hydrogen) atoms. The van der Waals surface area contributed by atoms with Gasteiger partial charge < -0.3 is 11.1 Å². The number of nitrogens with two attached hydrogens (primary N) is 1. The maximum atomic E-state index is 13.0. The van der Waals surface area contributed by atoms with Crippen molar-refractivity contribution in [2.75, 3.05) is 0 Å². The minimum Gasteiger partial charge on any atom is -0.370 e. The van der Waals surface area contributed by atoms with Crippen LogP contribution in [-0.4, -0.2) is 12.0 Å². The standard InChI is InChI=1S/C15H19F4N3/c16-11-7-6-10(13(8-11)15(17,18)19)9-21-14(20)22-12-4-2-1-3-5-12/h6-8,12H,1-5,9H2,(H3,20,21,22). The molecule has 0 heterocycles. The van der Waals surface area contributed by atoms with Gasteiger partial charge >= 0.3 is 6.18 Å². The first-order valence-corrected chi connectivity index (χ1v) is 7.28. The Kier molecular flexibility index (Phi) is 5.26. The lowest BCUT2D eigenvalue weighted by Crippen LogP contribution is -2.41. The summed E-state index contributed by atoms with van der Waals surface area (Å²) in [4.78, 5) is 3.95. The second-order valence-electron chi connectivity index (χ2n) is 5.48. The summed E-state index contributed by atoms with van der Waals surface area (Å²) in [5.41, 5.74) is 4.62. The van der Waals surface area contributed by atoms with Crippen molar-refractivity contribution in [3.05, 3.63) is 35.1 Å². The first-order chi connectivity index (χ1) is 10.4. The summed E-state index contributed by atoms with van der Waals surface area (Å²) in [5.74, 6) is -0.794. The Morgan fingerprint density at radius 1 is 1.23 bits per heavy atom. The average molecular weight is 317 g/mol. The summed E-state index contributed by atoms with van der Waals surface area (Å²) in [7, 11) is 0. The van der Waals surface area contributed by atoms with E-state index in [0.29, 0.717) is 6.07 Å². The minimum atomic E-state index is -4.61. The van der Waals surface area contributed by atoms with Gasteiger partial charge in [-0.2, -0.15) is 13.2 Å². The van der Waals surface area contributed by atoms with Crippen LogP contribution >= 0.6 is 0 Å². The van der Waals surface area contributed by atoms with Crippen LogP contribution in [0.2, 0.25) is 0 Å². The number of guanidine groups is 1. The molecule has 1 fully saturated rings. The zero-order valence-corrected chi connectivity index (χ0v) is 12.1. The molecule has 7 heteroatoms. The molecule has 0 spiro atoms. The second kappa shape index (κ2) is 6.98. The van der Waals surface area contributed by atoms with Crippen molar-refractivity contribution >= 4 is 5.96 Å². The minimum absolute atomic E-state index is 0.0951. The number of benzene rings is 1. The van der Waals surface area contributed by atoms with Gasteiger partial charge in [-0.15, -0.1) is 0 Å². The lowest BCUT2D eigenvalue weighted by atomic mass is 9.96. The molecule has 1 saturated carbocycles. The number of alkyl halides is 3. The van der Waals surface area contributed by atoms with Crippen LogP contribution in [0, 0.1) is 5.82 Å². The van der Waals surface area contributed by atoms with Crippen LogP contribution in [0.25, 0.3) is 0 Å². The molecule has 3 N–H and O–H groups in total. The van der Waals surface area contributed by atoms with Gasteiger partial charge in [0.25, 0.3) is 0 Å². The maximum Gasteiger partial charge on any atom is 0.416 e. The van der Waals surface area contributed by atoms with Gasteiger partial charge in [-0.25, -0.2) is 9.38 Å². The Hall–Kier alpha value is -1.79. The molecule has 0 aromatic heterocycles. The Morgan fingerprint density at radius 3 is 2.55 bits per heavy atom. The predicted octanol–water partition coefficient (Wildman–Crippen LogP) is 3.58. The molecule has 1 aliphatic carbocycles. The summed E-state index contributed by atoms with van der Waals surface area (Å²) in [6.07, 6.45) is 0.779. The zero-order chi connectivity index (χ0) is 16.2. The lowest BCUT2D eigenvalue weighted by Gasteiger charge is -2.23. The summed E-state index contributed by atoms with van der Waals surface area (Å²) in [5, 5.41) is 3.03. The van der Waals surface area contributed by atoms with Crippen LogP contribution in [-0.2, 0) is 12.7 Å². The third-order valence-corrected chi connectivity index (χ3v) is 3.75. The molecule has 0 bridgehead atoms. The van der Waals surface area contributed by atoms with Crippen molar-refractivity contribution in [1.29, 1.82) is 0 Å². The maximum absolute atomic E-state index is 13.0. The number of hydrogen-bond acceptors (Lipinski definition) is 1. The number of halogens is 4. The molecule has 0 unspecified atom stereocenters. The third kappa shape index (κ3) is 4.61. The van der Waals surface area contributed by atoms with E-state index in [0.717, 1.165) is 37.8 Å². The second-order valence-corrected chi connectivity index (χ2v) is 5.48. The van der Waals surface area contributed by atoms with Gasteiger partial charge in [0.15, 0.2) is 5.96 Å². The fraction of sp³-hybridized carbons (Fsp3) is 0.533. The van der Waals surface area contributed by atoms with Gasteiger partial charge in [0, 0.05) is 6.04 Å². The normalized spacial score (nSPS) is 17.5. The van der Waals surface area contributed by atoms with Gasteiger partial charge in [-0.1, -0.05) is 25.3 Å². The molecule has 1 aromatic carbocycles. The van der Waals surface area contributed by atoms with Crippen LogP contribution in [0.15, 0.2) is 23.2 Å². The van der Waals surface area contributed by atoms with Crippen LogP contribution in [0.1, 0.15) is 43.2 Å². The molecule has 0 aliphatic heterocycles. The SMILES string of the molecule is NC(=NCc1ccc(F)cc1C(F)(F)F)NC1CCCCC1. The van der Waals surface area contributed by atoms with E-state index in [1.807, 2.05) is 0 Å². The highest BCUT2D eigenvalue weighted by atomic mass is 19.4. The molecule has 1 aromatic rings. The smallest absolute Gasteiger partial charge is 0.370 e. The number of nitrogens with one attached hydrogen (secondary N) is 1. The zero-order valence-electron chi connectivity index (χ0n) is 12.1. The predicted molar refractivity (Wildman–Crippen MR) is 76.7 cm³/mol. The summed E-state index contributed by atoms with van der Waals surface area (Å²) in [6, 6.07) is 2.79. The summed E-state index contributed by atoms with van der Waals surface area (Å²) in [6.45, 7) is -0.235. The van der Waals surface area contributed by atoms with E-state index < -0.39 is 17.6 Å². The van der Waals surface area contributed by atoms with Crippen molar-refractivity contribution < 1.29 is 17.6 Å². The van der Waals surface area contributed by atoms with E-state index in [4.69, 9.17) is 5.73 Å². The van der Waals surface area contributed by atoms with Gasteiger partial charge in [0.05, 0.1) is 12.1 Å². The molecule has 122 valence electrons. The quantitative estimate of drug-likeness (QED) is 0.508. The van der Waals surface area contributed by atoms with Crippen LogP contribution in [0.3, 0.4) is 0 Å². The number of aliphatic imine (C=N–C) groups is 1. The van der Waals surface area contributed by atoms with E-state index in [-0.39, 0.29) is 24.1 Å². The Labute approximate surface area is 126 Å². The molecular weight excluding hydrogens is 298 g/mol. The van der Waals surface area contributed by atoms with Crippen LogP contribution < -0.4 is 11.1 Å². The topological polar surface area (TPSA) is 50.4 Å². The van der Waals surface area contributed by atoms with E-state index in [1.54, 1.807) is 0 Å². The van der Waals surface area contributed by atoms with E-state index in [2.05, 4.69) is 10.3 Å². The number of nitrogens with zero attached hydrogens (tertiary/aromatic N) is 1. The molecular formula is C15H19F4N3. The third-order valence-electron chi connectivity index (χ3n) is 3.75. The largest absolute Gasteiger partial charge is 0.416 e. The van der Waals surface area contributed by atoms with Crippen molar-refractivity contribution in [2.45, 2.75) is 50.9 Å². The van der Waals surface area contributed by atoms with Crippen molar-refractivity contribution in [1.82, 2.24) is 5.32 Å². The lowest BCUT2D eigenvalue weighted by molar-refractivity contribution is -0.138. The Morgan fingerprint density at radius 2 is 1.91 bits per heavy atom. The number of hydrogen-bond donors (Lipinski definition) is 2. The van der Waals surface area contributed by atoms with Gasteiger partial charge in [-0.05, 0) is 30.5 Å². The number of rotatable bonds is 3. The van der Waals surface area contributed by atoms with Crippen molar-refractivity contribution in [2.24, 2.45) is 10.7 Å². The molecule has 0 radical (unpaired) electrons. The molecule has 0 atom stereocenters. The van der Waals surface area contributed by atoms with Gasteiger partial charge in [-0.3, -0.25) is 0 Å². The Balaban J connectivity index is 2.05. The summed E-state index contributed by atoms with van der Waals surface area (Å²) >= 11 is 0. The monoisotopic (exact) mass is 317 g/mol. The van der Waals surface area contributed by atoms with Gasteiger partial charge in [0.1, 0.15) is 5.82 Å². The fourth-order valence-corrected chi connectivity index (χ4v) is 2.62. The first kappa shape index (κ1) is 16.6. The Bertz CT molecular complexity index is 534. The average Bonchev–Trinajstić information content (AvgIpc) is 2.46. The molecule has 1 aliphatic rings. The molecule has 0 saturated heterocycles. The fourth-order valence-electron chi connectivity index (χ4n) is 2.62. The highest BCUT2D eigenvalue weighted by molar-refractivity contribution is 5.78.